The molecule has 2 N–H and O–H groups in total. The maximum atomic E-state index is 12.8. The summed E-state index contributed by atoms with van der Waals surface area (Å²) in [6, 6.07) is 6.06. The molecule has 2 unspecified atom stereocenters. The van der Waals surface area contributed by atoms with Crippen LogP contribution in [0, 0.1) is 5.82 Å². The Morgan fingerprint density at radius 3 is 2.72 bits per heavy atom. The fraction of sp³-hybridized carbons (Fsp3) is 0.500. The molecule has 0 spiro atoms. The Morgan fingerprint density at radius 2 is 2.11 bits per heavy atom. The van der Waals surface area contributed by atoms with E-state index in [9.17, 15) is 9.18 Å². The van der Waals surface area contributed by atoms with Gasteiger partial charge in [-0.05, 0) is 44.0 Å². The minimum Gasteiger partial charge on any atom is -0.348 e. The molecule has 1 saturated heterocycles. The van der Waals surface area contributed by atoms with Crippen molar-refractivity contribution in [2.45, 2.75) is 38.3 Å². The SMILES string of the molecule is CC(NC(=O)C1CCCCN1)c1ccc(F)cc1. The van der Waals surface area contributed by atoms with E-state index in [-0.39, 0.29) is 23.8 Å². The van der Waals surface area contributed by atoms with Crippen LogP contribution < -0.4 is 10.6 Å². The zero-order valence-electron chi connectivity index (χ0n) is 10.6. The number of rotatable bonds is 3. The number of hydrogen-bond donors (Lipinski definition) is 2. The second kappa shape index (κ2) is 5.96. The first-order valence-electron chi connectivity index (χ1n) is 6.46. The zero-order valence-corrected chi connectivity index (χ0v) is 10.6. The lowest BCUT2D eigenvalue weighted by Crippen LogP contribution is -2.47. The highest BCUT2D eigenvalue weighted by atomic mass is 19.1. The van der Waals surface area contributed by atoms with Gasteiger partial charge in [-0.25, -0.2) is 4.39 Å². The van der Waals surface area contributed by atoms with E-state index in [2.05, 4.69) is 10.6 Å². The highest BCUT2D eigenvalue weighted by Gasteiger charge is 2.21. The second-order valence-electron chi connectivity index (χ2n) is 4.78. The standard InChI is InChI=1S/C14H19FN2O/c1-10(11-5-7-12(15)8-6-11)17-14(18)13-4-2-3-9-16-13/h5-8,10,13,16H,2-4,9H2,1H3,(H,17,18). The van der Waals surface area contributed by atoms with Gasteiger partial charge in [0.15, 0.2) is 0 Å². The number of carbonyl (C=O) groups excluding carboxylic acids is 1. The number of hydrogen-bond acceptors (Lipinski definition) is 2. The van der Waals surface area contributed by atoms with Gasteiger partial charge in [0.1, 0.15) is 5.82 Å². The number of halogens is 1. The van der Waals surface area contributed by atoms with Gasteiger partial charge in [-0.3, -0.25) is 4.79 Å². The van der Waals surface area contributed by atoms with Crippen LogP contribution in [0.3, 0.4) is 0 Å². The van der Waals surface area contributed by atoms with Gasteiger partial charge in [0, 0.05) is 0 Å². The molecule has 1 amide bonds. The molecule has 2 rings (SSSR count). The lowest BCUT2D eigenvalue weighted by Gasteiger charge is -2.24. The van der Waals surface area contributed by atoms with E-state index in [1.54, 1.807) is 12.1 Å². The molecule has 4 heteroatoms. The van der Waals surface area contributed by atoms with Crippen LogP contribution in [0.15, 0.2) is 24.3 Å². The Kier molecular flexibility index (Phi) is 4.31. The maximum Gasteiger partial charge on any atom is 0.237 e. The molecule has 0 bridgehead atoms. The average molecular weight is 250 g/mol. The number of carbonyl (C=O) groups is 1. The summed E-state index contributed by atoms with van der Waals surface area (Å²) in [5, 5.41) is 6.17. The van der Waals surface area contributed by atoms with E-state index >= 15 is 0 Å². The third kappa shape index (κ3) is 3.29. The van der Waals surface area contributed by atoms with Crippen molar-refractivity contribution >= 4 is 5.91 Å². The Morgan fingerprint density at radius 1 is 1.39 bits per heavy atom. The third-order valence-corrected chi connectivity index (χ3v) is 3.36. The molecule has 2 atom stereocenters. The van der Waals surface area contributed by atoms with Crippen LogP contribution in [0.4, 0.5) is 4.39 Å². The Bertz CT molecular complexity index is 399. The molecular weight excluding hydrogens is 231 g/mol. The predicted octanol–water partition coefficient (Wildman–Crippen LogP) is 2.14. The summed E-state index contributed by atoms with van der Waals surface area (Å²) in [5.41, 5.74) is 0.917. The van der Waals surface area contributed by atoms with E-state index in [1.807, 2.05) is 6.92 Å². The molecule has 0 radical (unpaired) electrons. The second-order valence-corrected chi connectivity index (χ2v) is 4.78. The topological polar surface area (TPSA) is 41.1 Å². The van der Waals surface area contributed by atoms with Crippen molar-refractivity contribution in [1.29, 1.82) is 0 Å². The Labute approximate surface area is 107 Å². The minimum atomic E-state index is -0.258. The lowest BCUT2D eigenvalue weighted by atomic mass is 10.0. The summed E-state index contributed by atoms with van der Waals surface area (Å²) in [4.78, 5) is 12.0. The normalized spacial score (nSPS) is 21.3. The van der Waals surface area contributed by atoms with E-state index < -0.39 is 0 Å². The largest absolute Gasteiger partial charge is 0.348 e. The highest BCUT2D eigenvalue weighted by molar-refractivity contribution is 5.82. The number of piperidine rings is 1. The van der Waals surface area contributed by atoms with Crippen LogP contribution in [0.1, 0.15) is 37.8 Å². The van der Waals surface area contributed by atoms with Crippen molar-refractivity contribution in [2.24, 2.45) is 0 Å². The van der Waals surface area contributed by atoms with Crippen molar-refractivity contribution in [3.05, 3.63) is 35.6 Å². The van der Waals surface area contributed by atoms with E-state index in [0.29, 0.717) is 0 Å². The summed E-state index contributed by atoms with van der Waals surface area (Å²) in [7, 11) is 0. The van der Waals surface area contributed by atoms with Gasteiger partial charge in [0.05, 0.1) is 12.1 Å². The summed E-state index contributed by atoms with van der Waals surface area (Å²) in [6.07, 6.45) is 3.12. The molecule has 0 saturated carbocycles. The third-order valence-electron chi connectivity index (χ3n) is 3.36. The minimum absolute atomic E-state index is 0.0338. The molecule has 1 aromatic rings. The molecule has 3 nitrogen and oxygen atoms in total. The first kappa shape index (κ1) is 13.0. The van der Waals surface area contributed by atoms with E-state index in [1.165, 1.54) is 12.1 Å². The summed E-state index contributed by atoms with van der Waals surface area (Å²) >= 11 is 0. The van der Waals surface area contributed by atoms with Crippen LogP contribution in [-0.2, 0) is 4.79 Å². The van der Waals surface area contributed by atoms with Gasteiger partial charge in [0.25, 0.3) is 0 Å². The molecule has 1 aliphatic rings. The van der Waals surface area contributed by atoms with Gasteiger partial charge in [-0.1, -0.05) is 18.6 Å². The van der Waals surface area contributed by atoms with E-state index in [4.69, 9.17) is 0 Å². The van der Waals surface area contributed by atoms with Gasteiger partial charge in [-0.15, -0.1) is 0 Å². The molecule has 1 aliphatic heterocycles. The number of benzene rings is 1. The molecule has 1 heterocycles. The van der Waals surface area contributed by atoms with Crippen molar-refractivity contribution in [3.8, 4) is 0 Å². The summed E-state index contributed by atoms with van der Waals surface area (Å²) in [5.74, 6) is -0.224. The maximum absolute atomic E-state index is 12.8. The van der Waals surface area contributed by atoms with Crippen molar-refractivity contribution in [3.63, 3.8) is 0 Å². The van der Waals surface area contributed by atoms with Gasteiger partial charge in [0.2, 0.25) is 5.91 Å². The van der Waals surface area contributed by atoms with Gasteiger partial charge in [-0.2, -0.15) is 0 Å². The predicted molar refractivity (Wildman–Crippen MR) is 68.6 cm³/mol. The Hall–Kier alpha value is -1.42. The smallest absolute Gasteiger partial charge is 0.237 e. The van der Waals surface area contributed by atoms with Crippen LogP contribution in [0.5, 0.6) is 0 Å². The first-order chi connectivity index (χ1) is 8.66. The first-order valence-corrected chi connectivity index (χ1v) is 6.46. The fourth-order valence-electron chi connectivity index (χ4n) is 2.22. The molecular formula is C14H19FN2O. The highest BCUT2D eigenvalue weighted by Crippen LogP contribution is 2.14. The zero-order chi connectivity index (χ0) is 13.0. The summed E-state index contributed by atoms with van der Waals surface area (Å²) < 4.78 is 12.8. The quantitative estimate of drug-likeness (QED) is 0.863. The van der Waals surface area contributed by atoms with Crippen LogP contribution >= 0.6 is 0 Å². The fourth-order valence-corrected chi connectivity index (χ4v) is 2.22. The molecule has 18 heavy (non-hydrogen) atoms. The van der Waals surface area contributed by atoms with E-state index in [0.717, 1.165) is 31.4 Å². The lowest BCUT2D eigenvalue weighted by molar-refractivity contribution is -0.124. The molecule has 98 valence electrons. The van der Waals surface area contributed by atoms with Crippen molar-refractivity contribution in [2.75, 3.05) is 6.54 Å². The molecule has 0 aromatic heterocycles. The number of amides is 1. The molecule has 1 aromatic carbocycles. The van der Waals surface area contributed by atoms with Crippen molar-refractivity contribution in [1.82, 2.24) is 10.6 Å². The molecule has 1 fully saturated rings. The van der Waals surface area contributed by atoms with Crippen LogP contribution in [0.25, 0.3) is 0 Å². The Balaban J connectivity index is 1.91. The monoisotopic (exact) mass is 250 g/mol. The van der Waals surface area contributed by atoms with Crippen molar-refractivity contribution < 1.29 is 9.18 Å². The van der Waals surface area contributed by atoms with Gasteiger partial charge < -0.3 is 10.6 Å². The molecule has 0 aliphatic carbocycles. The van der Waals surface area contributed by atoms with Crippen LogP contribution in [0.2, 0.25) is 0 Å². The van der Waals surface area contributed by atoms with Crippen LogP contribution in [-0.4, -0.2) is 18.5 Å². The number of nitrogens with one attached hydrogen (secondary N) is 2. The van der Waals surface area contributed by atoms with Gasteiger partial charge >= 0.3 is 0 Å². The summed E-state index contributed by atoms with van der Waals surface area (Å²) in [6.45, 7) is 2.82. The average Bonchev–Trinajstić information content (AvgIpc) is 2.40.